The van der Waals surface area contributed by atoms with Crippen LogP contribution in [0.1, 0.15) is 19.7 Å². The molecule has 0 bridgehead atoms. The van der Waals surface area contributed by atoms with Crippen molar-refractivity contribution >= 4 is 28.5 Å². The van der Waals surface area contributed by atoms with Gasteiger partial charge in [-0.15, -0.1) is 0 Å². The topological polar surface area (TPSA) is 55.3 Å². The summed E-state index contributed by atoms with van der Waals surface area (Å²) in [5.74, 6) is 1.96. The highest BCUT2D eigenvalue weighted by Gasteiger charge is 2.26. The summed E-state index contributed by atoms with van der Waals surface area (Å²) in [6, 6.07) is 6.15. The van der Waals surface area contributed by atoms with Gasteiger partial charge in [0.1, 0.15) is 5.52 Å². The summed E-state index contributed by atoms with van der Waals surface area (Å²) >= 11 is 2.04. The Morgan fingerprint density at radius 1 is 1.47 bits per heavy atom. The number of aromatic nitrogens is 1. The zero-order valence-corrected chi connectivity index (χ0v) is 12.1. The molecule has 0 radical (unpaired) electrons. The first-order valence-electron chi connectivity index (χ1n) is 6.64. The number of oxazole rings is 1. The normalized spacial score (nSPS) is 24.9. The van der Waals surface area contributed by atoms with E-state index in [1.54, 1.807) is 0 Å². The summed E-state index contributed by atoms with van der Waals surface area (Å²) in [5.41, 5.74) is 8.15. The minimum Gasteiger partial charge on any atom is -0.439 e. The van der Waals surface area contributed by atoms with Crippen LogP contribution < -0.4 is 5.73 Å². The van der Waals surface area contributed by atoms with Gasteiger partial charge in [-0.3, -0.25) is 4.90 Å². The number of hydrogen-bond acceptors (Lipinski definition) is 5. The smallest absolute Gasteiger partial charge is 0.209 e. The molecule has 2 atom stereocenters. The molecule has 5 heteroatoms. The molecule has 2 aromatic rings. The molecule has 1 aromatic heterocycles. The third-order valence-corrected chi connectivity index (χ3v) is 5.15. The summed E-state index contributed by atoms with van der Waals surface area (Å²) in [6.45, 7) is 6.43. The first-order valence-corrected chi connectivity index (χ1v) is 7.69. The second-order valence-corrected chi connectivity index (χ2v) is 6.61. The lowest BCUT2D eigenvalue weighted by Gasteiger charge is -2.36. The Kier molecular flexibility index (Phi) is 3.41. The number of nitrogen functional groups attached to an aromatic ring is 1. The summed E-state index contributed by atoms with van der Waals surface area (Å²) in [7, 11) is 0. The Bertz CT molecular complexity index is 583. The van der Waals surface area contributed by atoms with E-state index in [0.29, 0.717) is 11.3 Å². The van der Waals surface area contributed by atoms with Gasteiger partial charge in [-0.05, 0) is 25.1 Å². The van der Waals surface area contributed by atoms with Gasteiger partial charge >= 0.3 is 0 Å². The maximum Gasteiger partial charge on any atom is 0.209 e. The molecule has 0 saturated carbocycles. The maximum absolute atomic E-state index is 5.79. The third kappa shape index (κ3) is 2.58. The van der Waals surface area contributed by atoms with E-state index in [2.05, 4.69) is 23.7 Å². The van der Waals surface area contributed by atoms with Crippen molar-refractivity contribution in [2.75, 3.05) is 18.0 Å². The van der Waals surface area contributed by atoms with Crippen molar-refractivity contribution in [2.45, 2.75) is 31.7 Å². The Morgan fingerprint density at radius 2 is 2.32 bits per heavy atom. The van der Waals surface area contributed by atoms with Gasteiger partial charge in [0.05, 0.1) is 6.54 Å². The third-order valence-electron chi connectivity index (χ3n) is 3.81. The SMILES string of the molecule is CC1SCCN(Cc2nc3cc(N)ccc3o2)C1C. The lowest BCUT2D eigenvalue weighted by Crippen LogP contribution is -2.43. The Morgan fingerprint density at radius 3 is 3.16 bits per heavy atom. The average molecular weight is 277 g/mol. The molecule has 1 aromatic carbocycles. The zero-order valence-electron chi connectivity index (χ0n) is 11.3. The van der Waals surface area contributed by atoms with Crippen LogP contribution in [0.3, 0.4) is 0 Å². The minimum absolute atomic E-state index is 0.554. The van der Waals surface area contributed by atoms with E-state index in [9.17, 15) is 0 Å². The number of nitrogens with zero attached hydrogens (tertiary/aromatic N) is 2. The van der Waals surface area contributed by atoms with Crippen molar-refractivity contribution in [3.8, 4) is 0 Å². The summed E-state index contributed by atoms with van der Waals surface area (Å²) in [5, 5.41) is 0.661. The largest absolute Gasteiger partial charge is 0.439 e. The van der Waals surface area contributed by atoms with Crippen molar-refractivity contribution in [2.24, 2.45) is 0 Å². The van der Waals surface area contributed by atoms with E-state index in [1.165, 1.54) is 5.75 Å². The van der Waals surface area contributed by atoms with Gasteiger partial charge in [0.2, 0.25) is 5.89 Å². The fourth-order valence-corrected chi connectivity index (χ4v) is 3.61. The molecule has 1 fully saturated rings. The minimum atomic E-state index is 0.554. The van der Waals surface area contributed by atoms with Gasteiger partial charge in [0.15, 0.2) is 5.58 Å². The first-order chi connectivity index (χ1) is 9.13. The molecule has 3 rings (SSSR count). The average Bonchev–Trinajstić information content (AvgIpc) is 2.76. The maximum atomic E-state index is 5.79. The summed E-state index contributed by atoms with van der Waals surface area (Å²) in [4.78, 5) is 6.97. The number of anilines is 1. The van der Waals surface area contributed by atoms with E-state index >= 15 is 0 Å². The van der Waals surface area contributed by atoms with Crippen molar-refractivity contribution < 1.29 is 4.42 Å². The molecular formula is C14H19N3OS. The number of benzene rings is 1. The molecule has 19 heavy (non-hydrogen) atoms. The van der Waals surface area contributed by atoms with E-state index < -0.39 is 0 Å². The number of fused-ring (bicyclic) bond motifs is 1. The second kappa shape index (κ2) is 5.06. The molecule has 1 aliphatic rings. The van der Waals surface area contributed by atoms with Crippen LogP contribution >= 0.6 is 11.8 Å². The molecule has 0 amide bonds. The fourth-order valence-electron chi connectivity index (χ4n) is 2.45. The molecule has 1 aliphatic heterocycles. The molecule has 2 unspecified atom stereocenters. The molecule has 4 nitrogen and oxygen atoms in total. The van der Waals surface area contributed by atoms with Gasteiger partial charge < -0.3 is 10.2 Å². The molecule has 0 aliphatic carbocycles. The molecule has 102 valence electrons. The number of nitrogens with two attached hydrogens (primary N) is 1. The molecule has 2 heterocycles. The van der Waals surface area contributed by atoms with Gasteiger partial charge in [0.25, 0.3) is 0 Å². The standard InChI is InChI=1S/C14H19N3OS/c1-9-10(2)19-6-5-17(9)8-14-16-12-7-11(15)3-4-13(12)18-14/h3-4,7,9-10H,5-6,8,15H2,1-2H3. The molecule has 1 saturated heterocycles. The first kappa shape index (κ1) is 12.8. The van der Waals surface area contributed by atoms with Crippen LogP contribution in [0.25, 0.3) is 11.1 Å². The lowest BCUT2D eigenvalue weighted by molar-refractivity contribution is 0.187. The van der Waals surface area contributed by atoms with Gasteiger partial charge in [0, 0.05) is 29.3 Å². The molecule has 0 spiro atoms. The van der Waals surface area contributed by atoms with Crippen molar-refractivity contribution in [1.82, 2.24) is 9.88 Å². The fraction of sp³-hybridized carbons (Fsp3) is 0.500. The number of thioether (sulfide) groups is 1. The Balaban J connectivity index is 1.81. The van der Waals surface area contributed by atoms with Crippen LogP contribution in [-0.4, -0.2) is 33.5 Å². The van der Waals surface area contributed by atoms with Crippen LogP contribution in [0, 0.1) is 0 Å². The van der Waals surface area contributed by atoms with E-state index in [0.717, 1.165) is 35.8 Å². The van der Waals surface area contributed by atoms with Crippen molar-refractivity contribution in [3.63, 3.8) is 0 Å². The van der Waals surface area contributed by atoms with E-state index in [-0.39, 0.29) is 0 Å². The van der Waals surface area contributed by atoms with Gasteiger partial charge in [-0.25, -0.2) is 4.98 Å². The number of rotatable bonds is 2. The van der Waals surface area contributed by atoms with Crippen LogP contribution in [0.15, 0.2) is 22.6 Å². The quantitative estimate of drug-likeness (QED) is 0.855. The van der Waals surface area contributed by atoms with Crippen molar-refractivity contribution in [3.05, 3.63) is 24.1 Å². The van der Waals surface area contributed by atoms with Crippen LogP contribution in [0.4, 0.5) is 5.69 Å². The highest BCUT2D eigenvalue weighted by molar-refractivity contribution is 8.00. The Labute approximate surface area is 117 Å². The second-order valence-electron chi connectivity index (χ2n) is 5.12. The van der Waals surface area contributed by atoms with E-state index in [1.807, 2.05) is 30.0 Å². The summed E-state index contributed by atoms with van der Waals surface area (Å²) < 4.78 is 5.79. The lowest BCUT2D eigenvalue weighted by atomic mass is 10.2. The highest BCUT2D eigenvalue weighted by Crippen LogP contribution is 2.26. The summed E-state index contributed by atoms with van der Waals surface area (Å²) in [6.07, 6.45) is 0. The van der Waals surface area contributed by atoms with Crippen LogP contribution in [0.5, 0.6) is 0 Å². The zero-order chi connectivity index (χ0) is 13.4. The van der Waals surface area contributed by atoms with Crippen LogP contribution in [-0.2, 0) is 6.54 Å². The monoisotopic (exact) mass is 277 g/mol. The van der Waals surface area contributed by atoms with Crippen molar-refractivity contribution in [1.29, 1.82) is 0 Å². The van der Waals surface area contributed by atoms with Gasteiger partial charge in [-0.1, -0.05) is 6.92 Å². The number of hydrogen-bond donors (Lipinski definition) is 1. The Hall–Kier alpha value is -1.20. The highest BCUT2D eigenvalue weighted by atomic mass is 32.2. The van der Waals surface area contributed by atoms with E-state index in [4.69, 9.17) is 10.2 Å². The van der Waals surface area contributed by atoms with Gasteiger partial charge in [-0.2, -0.15) is 11.8 Å². The predicted octanol–water partition coefficient (Wildman–Crippen LogP) is 2.74. The predicted molar refractivity (Wildman–Crippen MR) is 80.2 cm³/mol. The molecular weight excluding hydrogens is 258 g/mol. The molecule has 2 N–H and O–H groups in total. The van der Waals surface area contributed by atoms with Crippen LogP contribution in [0.2, 0.25) is 0 Å².